The van der Waals surface area contributed by atoms with Crippen molar-refractivity contribution in [3.63, 3.8) is 0 Å². The van der Waals surface area contributed by atoms with Crippen molar-refractivity contribution in [2.24, 2.45) is 0 Å². The molecule has 0 aliphatic carbocycles. The van der Waals surface area contributed by atoms with Crippen LogP contribution in [0.4, 0.5) is 0 Å². The quantitative estimate of drug-likeness (QED) is 0.0261. The molecule has 0 saturated heterocycles. The van der Waals surface area contributed by atoms with Gasteiger partial charge in [0.2, 0.25) is 0 Å². The van der Waals surface area contributed by atoms with Crippen LogP contribution >= 0.6 is 0 Å². The molecular weight excluding hydrogens is 985 g/mol. The summed E-state index contributed by atoms with van der Waals surface area (Å²) in [6.45, 7) is 6.31. The molecule has 0 aromatic heterocycles. The van der Waals surface area contributed by atoms with Crippen LogP contribution in [0.25, 0.3) is 0 Å². The van der Waals surface area contributed by atoms with E-state index in [0.29, 0.717) is 19.3 Å². The van der Waals surface area contributed by atoms with Gasteiger partial charge in [-0.25, -0.2) is 0 Å². The Hall–Kier alpha value is -5.23. The van der Waals surface area contributed by atoms with Crippen molar-refractivity contribution in [1.82, 2.24) is 0 Å². The molecule has 0 aromatic carbocycles. The lowest BCUT2D eigenvalue weighted by Gasteiger charge is -2.18. The predicted molar refractivity (Wildman–Crippen MR) is 348 cm³/mol. The van der Waals surface area contributed by atoms with Gasteiger partial charge in [-0.05, 0) is 135 Å². The molecule has 0 bridgehead atoms. The molecule has 0 fully saturated rings. The van der Waals surface area contributed by atoms with E-state index >= 15 is 0 Å². The number of hydrogen-bond donors (Lipinski definition) is 0. The third-order valence-electron chi connectivity index (χ3n) is 13.0. The van der Waals surface area contributed by atoms with Crippen LogP contribution in [0.15, 0.2) is 170 Å². The van der Waals surface area contributed by atoms with Crippen LogP contribution in [0.3, 0.4) is 0 Å². The SMILES string of the molecule is CC/C=C\C/C=C\C/C=C\C/C=C\C/C=C\C/C=C\C/C=C\C/C=C\C/C=C\C/C=C\CCCCCCC(=O)OCC(COC(=O)CCCCCCCC)OC(=O)CCCCCCCCCC/C=C\C/C=C\C/C=C\C/C=C\CC. The second-order valence-corrected chi connectivity index (χ2v) is 20.6. The lowest BCUT2D eigenvalue weighted by molar-refractivity contribution is -0.167. The normalized spacial score (nSPS) is 13.3. The van der Waals surface area contributed by atoms with Crippen LogP contribution in [-0.4, -0.2) is 37.2 Å². The van der Waals surface area contributed by atoms with E-state index in [1.54, 1.807) is 0 Å². The summed E-state index contributed by atoms with van der Waals surface area (Å²) in [6.07, 6.45) is 98.2. The van der Waals surface area contributed by atoms with Crippen molar-refractivity contribution in [3.8, 4) is 0 Å². The lowest BCUT2D eigenvalue weighted by Crippen LogP contribution is -2.30. The maximum atomic E-state index is 12.8. The Morgan fingerprint density at radius 1 is 0.263 bits per heavy atom. The fraction of sp³-hybridized carbons (Fsp3) is 0.581. The van der Waals surface area contributed by atoms with Gasteiger partial charge in [-0.15, -0.1) is 0 Å². The molecule has 1 unspecified atom stereocenters. The molecule has 0 heterocycles. The van der Waals surface area contributed by atoms with Gasteiger partial charge >= 0.3 is 17.9 Å². The van der Waals surface area contributed by atoms with Crippen LogP contribution in [0.5, 0.6) is 0 Å². The average molecular weight is 1100 g/mol. The molecule has 0 saturated carbocycles. The van der Waals surface area contributed by atoms with E-state index in [-0.39, 0.29) is 31.1 Å². The van der Waals surface area contributed by atoms with Gasteiger partial charge < -0.3 is 14.2 Å². The minimum absolute atomic E-state index is 0.0958. The third-order valence-corrected chi connectivity index (χ3v) is 13.0. The van der Waals surface area contributed by atoms with E-state index in [1.807, 2.05) is 0 Å². The van der Waals surface area contributed by atoms with E-state index in [4.69, 9.17) is 14.2 Å². The van der Waals surface area contributed by atoms with Gasteiger partial charge in [0.25, 0.3) is 0 Å². The molecular formula is C74H116O6. The standard InChI is InChI=1S/C74H116O6/c1-4-7-10-13-16-18-20-22-24-26-28-30-31-32-33-34-35-36-37-38-39-40-41-42-43-45-46-48-50-52-54-56-58-61-64-67-73(76)79-70-71(69-78-72(75)66-63-60-15-12-9-6-3)80-74(77)68-65-62-59-57-55-53-51-49-47-44-29-27-25-23-21-19-17-14-11-8-5-2/h7-8,10-11,16-19,22-25,28-30,32-33,35-36,38-39,41-42,44-46,50,52,71H,4-6,9,12-15,20-21,26-27,31,34,37,40,43,47-49,51,53-70H2,1-3H3/b10-7-,11-8-,18-16-,19-17-,24-22-,25-23-,30-28-,33-32-,36-35-,39-38-,42-41-,44-29-,46-45-,52-50-. The lowest BCUT2D eigenvalue weighted by atomic mass is 10.1. The Kier molecular flexibility index (Phi) is 61.9. The Bertz CT molecular complexity index is 1840. The molecule has 0 rings (SSSR count). The predicted octanol–water partition coefficient (Wildman–Crippen LogP) is 22.3. The van der Waals surface area contributed by atoms with Crippen LogP contribution in [-0.2, 0) is 28.6 Å². The van der Waals surface area contributed by atoms with Gasteiger partial charge in [-0.2, -0.15) is 0 Å². The van der Waals surface area contributed by atoms with Crippen LogP contribution < -0.4 is 0 Å². The number of hydrogen-bond acceptors (Lipinski definition) is 6. The van der Waals surface area contributed by atoms with E-state index < -0.39 is 6.10 Å². The Morgan fingerprint density at radius 2 is 0.487 bits per heavy atom. The summed E-state index contributed by atoms with van der Waals surface area (Å²) in [5.41, 5.74) is 0. The van der Waals surface area contributed by atoms with Gasteiger partial charge in [-0.1, -0.05) is 274 Å². The van der Waals surface area contributed by atoms with Gasteiger partial charge in [-0.3, -0.25) is 14.4 Å². The van der Waals surface area contributed by atoms with Gasteiger partial charge in [0, 0.05) is 19.3 Å². The Balaban J connectivity index is 4.20. The highest BCUT2D eigenvalue weighted by molar-refractivity contribution is 5.71. The topological polar surface area (TPSA) is 78.9 Å². The van der Waals surface area contributed by atoms with Crippen molar-refractivity contribution in [2.45, 2.75) is 264 Å². The average Bonchev–Trinajstić information content (AvgIpc) is 3.46. The highest BCUT2D eigenvalue weighted by atomic mass is 16.6. The highest BCUT2D eigenvalue weighted by Gasteiger charge is 2.19. The van der Waals surface area contributed by atoms with Gasteiger partial charge in [0.05, 0.1) is 0 Å². The number of unbranched alkanes of at least 4 members (excludes halogenated alkanes) is 17. The van der Waals surface area contributed by atoms with Crippen molar-refractivity contribution < 1.29 is 28.6 Å². The molecule has 0 aliphatic rings. The summed E-state index contributed by atoms with van der Waals surface area (Å²) in [7, 11) is 0. The first kappa shape index (κ1) is 74.8. The molecule has 0 spiro atoms. The zero-order valence-electron chi connectivity index (χ0n) is 51.3. The first-order valence-corrected chi connectivity index (χ1v) is 32.1. The van der Waals surface area contributed by atoms with Crippen LogP contribution in [0, 0.1) is 0 Å². The monoisotopic (exact) mass is 1100 g/mol. The maximum Gasteiger partial charge on any atom is 0.306 e. The molecule has 80 heavy (non-hydrogen) atoms. The fourth-order valence-corrected chi connectivity index (χ4v) is 8.23. The number of esters is 3. The van der Waals surface area contributed by atoms with Gasteiger partial charge in [0.1, 0.15) is 13.2 Å². The zero-order valence-corrected chi connectivity index (χ0v) is 51.3. The molecule has 0 radical (unpaired) electrons. The Morgan fingerprint density at radius 3 is 0.762 bits per heavy atom. The van der Waals surface area contributed by atoms with Gasteiger partial charge in [0.15, 0.2) is 6.10 Å². The van der Waals surface area contributed by atoms with E-state index in [2.05, 4.69) is 191 Å². The van der Waals surface area contributed by atoms with Crippen molar-refractivity contribution >= 4 is 17.9 Å². The third kappa shape index (κ3) is 63.6. The first-order chi connectivity index (χ1) is 39.5. The second-order valence-electron chi connectivity index (χ2n) is 20.6. The first-order valence-electron chi connectivity index (χ1n) is 32.1. The molecule has 0 aromatic rings. The molecule has 0 aliphatic heterocycles. The largest absolute Gasteiger partial charge is 0.462 e. The smallest absolute Gasteiger partial charge is 0.306 e. The van der Waals surface area contributed by atoms with Crippen molar-refractivity contribution in [2.75, 3.05) is 13.2 Å². The van der Waals surface area contributed by atoms with Crippen LogP contribution in [0.2, 0.25) is 0 Å². The summed E-state index contributed by atoms with van der Waals surface area (Å²) in [4.78, 5) is 38.0. The molecule has 6 nitrogen and oxygen atoms in total. The number of carbonyl (C=O) groups is 3. The summed E-state index contributed by atoms with van der Waals surface area (Å²) >= 11 is 0. The molecule has 0 N–H and O–H groups in total. The van der Waals surface area contributed by atoms with E-state index in [0.717, 1.165) is 167 Å². The molecule has 0 amide bonds. The summed E-state index contributed by atoms with van der Waals surface area (Å²) in [5.74, 6) is -0.946. The maximum absolute atomic E-state index is 12.8. The summed E-state index contributed by atoms with van der Waals surface area (Å²) in [5, 5.41) is 0. The summed E-state index contributed by atoms with van der Waals surface area (Å²) < 4.78 is 16.8. The van der Waals surface area contributed by atoms with E-state index in [9.17, 15) is 14.4 Å². The molecule has 6 heteroatoms. The minimum Gasteiger partial charge on any atom is -0.462 e. The zero-order chi connectivity index (χ0) is 57.8. The summed E-state index contributed by atoms with van der Waals surface area (Å²) in [6, 6.07) is 0. The molecule has 1 atom stereocenters. The minimum atomic E-state index is -0.798. The Labute approximate surface area is 492 Å². The number of rotatable bonds is 56. The van der Waals surface area contributed by atoms with Crippen molar-refractivity contribution in [3.05, 3.63) is 170 Å². The number of allylic oxidation sites excluding steroid dienone is 28. The second kappa shape index (κ2) is 66.3. The number of carbonyl (C=O) groups excluding carboxylic acids is 3. The van der Waals surface area contributed by atoms with E-state index in [1.165, 1.54) is 51.4 Å². The van der Waals surface area contributed by atoms with Crippen molar-refractivity contribution in [1.29, 1.82) is 0 Å². The van der Waals surface area contributed by atoms with Crippen LogP contribution in [0.1, 0.15) is 258 Å². The number of ether oxygens (including phenoxy) is 3. The molecule has 448 valence electrons. The fourth-order valence-electron chi connectivity index (χ4n) is 8.23. The highest BCUT2D eigenvalue weighted by Crippen LogP contribution is 2.14.